The van der Waals surface area contributed by atoms with Gasteiger partial charge in [-0.25, -0.2) is 0 Å². The van der Waals surface area contributed by atoms with Gasteiger partial charge in [-0.15, -0.1) is 0 Å². The summed E-state index contributed by atoms with van der Waals surface area (Å²) in [5.41, 5.74) is 6.05. The van der Waals surface area contributed by atoms with E-state index in [0.29, 0.717) is 6.10 Å². The fraction of sp³-hybridized carbons (Fsp3) is 1.00. The molecule has 1 aliphatic rings. The van der Waals surface area contributed by atoms with Gasteiger partial charge in [0.2, 0.25) is 0 Å². The number of ether oxygens (including phenoxy) is 1. The highest BCUT2D eigenvalue weighted by Crippen LogP contribution is 2.36. The van der Waals surface area contributed by atoms with Crippen molar-refractivity contribution in [3.63, 3.8) is 0 Å². The lowest BCUT2D eigenvalue weighted by atomic mass is 10.1. The molecule has 1 saturated carbocycles. The SMILES string of the molecule is CCOC(C)CC1(N)CC1. The maximum atomic E-state index is 5.90. The van der Waals surface area contributed by atoms with Crippen molar-refractivity contribution in [2.24, 2.45) is 5.73 Å². The summed E-state index contributed by atoms with van der Waals surface area (Å²) < 4.78 is 5.38. The lowest BCUT2D eigenvalue weighted by molar-refractivity contribution is 0.0634. The van der Waals surface area contributed by atoms with Crippen LogP contribution in [0.4, 0.5) is 0 Å². The average molecular weight is 143 g/mol. The maximum absolute atomic E-state index is 5.90. The van der Waals surface area contributed by atoms with Crippen molar-refractivity contribution in [1.82, 2.24) is 0 Å². The number of hydrogen-bond acceptors (Lipinski definition) is 2. The lowest BCUT2D eigenvalue weighted by Gasteiger charge is -2.15. The van der Waals surface area contributed by atoms with Gasteiger partial charge in [0.1, 0.15) is 0 Å². The smallest absolute Gasteiger partial charge is 0.0564 e. The van der Waals surface area contributed by atoms with Gasteiger partial charge in [-0.2, -0.15) is 0 Å². The van der Waals surface area contributed by atoms with Gasteiger partial charge >= 0.3 is 0 Å². The molecule has 1 aliphatic carbocycles. The number of hydrogen-bond donors (Lipinski definition) is 1. The Morgan fingerprint density at radius 3 is 2.60 bits per heavy atom. The van der Waals surface area contributed by atoms with Crippen LogP contribution in [0.1, 0.15) is 33.1 Å². The average Bonchev–Trinajstić information content (AvgIpc) is 2.48. The molecular formula is C8H17NO. The zero-order chi connectivity index (χ0) is 7.61. The molecule has 0 saturated heterocycles. The first-order valence-corrected chi connectivity index (χ1v) is 4.07. The topological polar surface area (TPSA) is 35.2 Å². The van der Waals surface area contributed by atoms with Crippen LogP contribution in [0.25, 0.3) is 0 Å². The van der Waals surface area contributed by atoms with E-state index in [-0.39, 0.29) is 5.54 Å². The van der Waals surface area contributed by atoms with Crippen molar-refractivity contribution in [2.45, 2.75) is 44.8 Å². The van der Waals surface area contributed by atoms with E-state index in [9.17, 15) is 0 Å². The monoisotopic (exact) mass is 143 g/mol. The van der Waals surface area contributed by atoms with E-state index in [1.165, 1.54) is 12.8 Å². The van der Waals surface area contributed by atoms with Gasteiger partial charge < -0.3 is 10.5 Å². The molecule has 0 radical (unpaired) electrons. The van der Waals surface area contributed by atoms with Gasteiger partial charge in [0, 0.05) is 12.1 Å². The highest BCUT2D eigenvalue weighted by molar-refractivity contribution is 4.99. The first-order chi connectivity index (χ1) is 4.66. The number of nitrogens with two attached hydrogens (primary N) is 1. The van der Waals surface area contributed by atoms with Crippen LogP contribution in [0.2, 0.25) is 0 Å². The van der Waals surface area contributed by atoms with Crippen molar-refractivity contribution < 1.29 is 4.74 Å². The van der Waals surface area contributed by atoms with Crippen LogP contribution >= 0.6 is 0 Å². The second-order valence-electron chi connectivity index (χ2n) is 3.33. The Balaban J connectivity index is 2.11. The molecule has 0 aromatic rings. The van der Waals surface area contributed by atoms with Gasteiger partial charge in [-0.05, 0) is 33.1 Å². The molecule has 1 fully saturated rings. The van der Waals surface area contributed by atoms with Crippen molar-refractivity contribution in [1.29, 1.82) is 0 Å². The number of rotatable bonds is 4. The molecule has 0 aliphatic heterocycles. The van der Waals surface area contributed by atoms with Crippen molar-refractivity contribution >= 4 is 0 Å². The summed E-state index contributed by atoms with van der Waals surface area (Å²) in [6.45, 7) is 4.92. The molecule has 1 rings (SSSR count). The molecule has 0 bridgehead atoms. The standard InChI is InChI=1S/C8H17NO/c1-3-10-7(2)6-8(9)4-5-8/h7H,3-6,9H2,1-2H3. The normalized spacial score (nSPS) is 24.3. The van der Waals surface area contributed by atoms with Gasteiger partial charge in [0.05, 0.1) is 6.10 Å². The Morgan fingerprint density at radius 2 is 2.20 bits per heavy atom. The lowest BCUT2D eigenvalue weighted by Crippen LogP contribution is -2.27. The molecule has 0 amide bonds. The van der Waals surface area contributed by atoms with Crippen LogP contribution in [-0.2, 0) is 4.74 Å². The molecule has 10 heavy (non-hydrogen) atoms. The molecule has 0 aromatic heterocycles. The van der Waals surface area contributed by atoms with E-state index in [2.05, 4.69) is 6.92 Å². The molecule has 1 unspecified atom stereocenters. The quantitative estimate of drug-likeness (QED) is 0.643. The highest BCUT2D eigenvalue weighted by Gasteiger charge is 2.39. The molecule has 1 atom stereocenters. The fourth-order valence-corrected chi connectivity index (χ4v) is 1.28. The minimum absolute atomic E-state index is 0.147. The summed E-state index contributed by atoms with van der Waals surface area (Å²) in [6, 6.07) is 0. The van der Waals surface area contributed by atoms with E-state index in [1.54, 1.807) is 0 Å². The molecule has 0 spiro atoms. The first-order valence-electron chi connectivity index (χ1n) is 4.07. The second-order valence-corrected chi connectivity index (χ2v) is 3.33. The van der Waals surface area contributed by atoms with E-state index in [4.69, 9.17) is 10.5 Å². The Labute approximate surface area is 62.7 Å². The van der Waals surface area contributed by atoms with Crippen LogP contribution in [0.3, 0.4) is 0 Å². The predicted molar refractivity (Wildman–Crippen MR) is 41.9 cm³/mol. The summed E-state index contributed by atoms with van der Waals surface area (Å²) in [7, 11) is 0. The third-order valence-corrected chi connectivity index (χ3v) is 2.04. The molecular weight excluding hydrogens is 126 g/mol. The van der Waals surface area contributed by atoms with Crippen molar-refractivity contribution in [3.8, 4) is 0 Å². The second kappa shape index (κ2) is 2.89. The van der Waals surface area contributed by atoms with Crippen LogP contribution in [-0.4, -0.2) is 18.2 Å². The minimum atomic E-state index is 0.147. The summed E-state index contributed by atoms with van der Waals surface area (Å²) in [4.78, 5) is 0. The Kier molecular flexibility index (Phi) is 2.32. The highest BCUT2D eigenvalue weighted by atomic mass is 16.5. The summed E-state index contributed by atoms with van der Waals surface area (Å²) in [6.07, 6.45) is 3.74. The Hall–Kier alpha value is -0.0800. The molecule has 0 heterocycles. The van der Waals surface area contributed by atoms with E-state index in [1.807, 2.05) is 6.92 Å². The molecule has 2 heteroatoms. The predicted octanol–water partition coefficient (Wildman–Crippen LogP) is 1.29. The molecule has 0 aromatic carbocycles. The third-order valence-electron chi connectivity index (χ3n) is 2.04. The molecule has 2 nitrogen and oxygen atoms in total. The van der Waals surface area contributed by atoms with Crippen LogP contribution in [0, 0.1) is 0 Å². The fourth-order valence-electron chi connectivity index (χ4n) is 1.28. The summed E-state index contributed by atoms with van der Waals surface area (Å²) >= 11 is 0. The van der Waals surface area contributed by atoms with Crippen molar-refractivity contribution in [3.05, 3.63) is 0 Å². The Bertz CT molecular complexity index is 110. The maximum Gasteiger partial charge on any atom is 0.0564 e. The largest absolute Gasteiger partial charge is 0.379 e. The van der Waals surface area contributed by atoms with E-state index in [0.717, 1.165) is 13.0 Å². The van der Waals surface area contributed by atoms with Crippen LogP contribution in [0.5, 0.6) is 0 Å². The summed E-state index contributed by atoms with van der Waals surface area (Å²) in [5, 5.41) is 0. The Morgan fingerprint density at radius 1 is 1.60 bits per heavy atom. The van der Waals surface area contributed by atoms with Gasteiger partial charge in [0.15, 0.2) is 0 Å². The van der Waals surface area contributed by atoms with E-state index < -0.39 is 0 Å². The molecule has 60 valence electrons. The van der Waals surface area contributed by atoms with Crippen LogP contribution < -0.4 is 5.73 Å². The van der Waals surface area contributed by atoms with Gasteiger partial charge in [0.25, 0.3) is 0 Å². The molecule has 2 N–H and O–H groups in total. The van der Waals surface area contributed by atoms with E-state index >= 15 is 0 Å². The zero-order valence-electron chi connectivity index (χ0n) is 6.89. The van der Waals surface area contributed by atoms with Crippen LogP contribution in [0.15, 0.2) is 0 Å². The van der Waals surface area contributed by atoms with Gasteiger partial charge in [-0.1, -0.05) is 0 Å². The van der Waals surface area contributed by atoms with Gasteiger partial charge in [-0.3, -0.25) is 0 Å². The summed E-state index contributed by atoms with van der Waals surface area (Å²) in [5.74, 6) is 0. The third kappa shape index (κ3) is 2.27. The van der Waals surface area contributed by atoms with Crippen molar-refractivity contribution in [2.75, 3.05) is 6.61 Å². The first kappa shape index (κ1) is 8.02. The zero-order valence-corrected chi connectivity index (χ0v) is 6.89. The minimum Gasteiger partial charge on any atom is -0.379 e.